The van der Waals surface area contributed by atoms with Crippen LogP contribution in [0.15, 0.2) is 78.9 Å². The Labute approximate surface area is 199 Å². The summed E-state index contributed by atoms with van der Waals surface area (Å²) in [4.78, 5) is 25.9. The first-order chi connectivity index (χ1) is 15.8. The largest absolute Gasteiger partial charge is 0.369 e. The van der Waals surface area contributed by atoms with Crippen molar-refractivity contribution in [3.8, 4) is 11.3 Å². The van der Waals surface area contributed by atoms with Crippen molar-refractivity contribution in [2.75, 3.05) is 0 Å². The Morgan fingerprint density at radius 1 is 0.939 bits per heavy atom. The summed E-state index contributed by atoms with van der Waals surface area (Å²) in [6, 6.07) is 25.3. The lowest BCUT2D eigenvalue weighted by Gasteiger charge is -2.24. The molecule has 3 aromatic carbocycles. The molecule has 0 fully saturated rings. The molecule has 0 bridgehead atoms. The standard InChI is InChI=1S/C28H27ClN2O2/c1-28(2,27(30)33)18-31-23-14-7-6-13-22(23)25(26(31)20-11-8-12-21(29)17-20)24(32)16-15-19-9-4-3-5-10-19/h3-14,17H,15-16,18H2,1-2H3,(H2,30,33). The Hall–Kier alpha value is -3.37. The summed E-state index contributed by atoms with van der Waals surface area (Å²) in [5, 5.41) is 1.45. The molecule has 33 heavy (non-hydrogen) atoms. The van der Waals surface area contributed by atoms with Crippen molar-refractivity contribution in [3.63, 3.8) is 0 Å². The van der Waals surface area contributed by atoms with Crippen molar-refractivity contribution in [2.24, 2.45) is 11.1 Å². The molecule has 0 atom stereocenters. The van der Waals surface area contributed by atoms with Crippen LogP contribution in [-0.2, 0) is 17.8 Å². The van der Waals surface area contributed by atoms with Gasteiger partial charge in [-0.3, -0.25) is 9.59 Å². The summed E-state index contributed by atoms with van der Waals surface area (Å²) < 4.78 is 2.04. The smallest absolute Gasteiger partial charge is 0.224 e. The van der Waals surface area contributed by atoms with Crippen LogP contribution in [-0.4, -0.2) is 16.3 Å². The summed E-state index contributed by atoms with van der Waals surface area (Å²) in [5.41, 5.74) is 9.18. The number of hydrogen-bond donors (Lipinski definition) is 1. The lowest BCUT2D eigenvalue weighted by atomic mass is 9.92. The highest BCUT2D eigenvalue weighted by atomic mass is 35.5. The third-order valence-corrected chi connectivity index (χ3v) is 6.29. The molecule has 4 rings (SSSR count). The Balaban J connectivity index is 1.90. The first-order valence-corrected chi connectivity index (χ1v) is 11.4. The van der Waals surface area contributed by atoms with Crippen LogP contribution in [0.5, 0.6) is 0 Å². The Bertz CT molecular complexity index is 1320. The number of carbonyl (C=O) groups excluding carboxylic acids is 2. The molecule has 0 aliphatic carbocycles. The van der Waals surface area contributed by atoms with Crippen molar-refractivity contribution in [1.29, 1.82) is 0 Å². The quantitative estimate of drug-likeness (QED) is 0.315. The fraction of sp³-hybridized carbons (Fsp3) is 0.214. The molecule has 1 amide bonds. The van der Waals surface area contributed by atoms with Crippen molar-refractivity contribution < 1.29 is 9.59 Å². The van der Waals surface area contributed by atoms with Crippen LogP contribution in [0.1, 0.15) is 36.2 Å². The molecule has 0 saturated carbocycles. The van der Waals surface area contributed by atoms with Gasteiger partial charge in [-0.2, -0.15) is 0 Å². The first-order valence-electron chi connectivity index (χ1n) is 11.0. The molecule has 4 aromatic rings. The minimum absolute atomic E-state index is 0.0562. The van der Waals surface area contributed by atoms with Crippen LogP contribution in [0.25, 0.3) is 22.2 Å². The fourth-order valence-electron chi connectivity index (χ4n) is 4.19. The van der Waals surface area contributed by atoms with E-state index >= 15 is 0 Å². The van der Waals surface area contributed by atoms with Gasteiger partial charge in [0.05, 0.1) is 16.7 Å². The number of hydrogen-bond acceptors (Lipinski definition) is 2. The molecule has 1 aromatic heterocycles. The first kappa shape index (κ1) is 22.8. The van der Waals surface area contributed by atoms with Crippen molar-refractivity contribution in [3.05, 3.63) is 95.0 Å². The molecule has 0 aliphatic rings. The number of aromatic nitrogens is 1. The van der Waals surface area contributed by atoms with Gasteiger partial charge in [0, 0.05) is 34.5 Å². The Morgan fingerprint density at radius 3 is 2.33 bits per heavy atom. The van der Waals surface area contributed by atoms with Crippen molar-refractivity contribution in [1.82, 2.24) is 4.57 Å². The van der Waals surface area contributed by atoms with Gasteiger partial charge in [-0.25, -0.2) is 0 Å². The van der Waals surface area contributed by atoms with Gasteiger partial charge in [0.25, 0.3) is 0 Å². The molecule has 1 heterocycles. The summed E-state index contributed by atoms with van der Waals surface area (Å²) >= 11 is 6.33. The highest BCUT2D eigenvalue weighted by Crippen LogP contribution is 2.38. The molecule has 4 nitrogen and oxygen atoms in total. The third kappa shape index (κ3) is 4.71. The van der Waals surface area contributed by atoms with E-state index in [0.29, 0.717) is 30.0 Å². The Morgan fingerprint density at radius 2 is 1.64 bits per heavy atom. The molecule has 2 N–H and O–H groups in total. The van der Waals surface area contributed by atoms with E-state index in [4.69, 9.17) is 17.3 Å². The minimum atomic E-state index is -0.806. The third-order valence-electron chi connectivity index (χ3n) is 6.05. The predicted molar refractivity (Wildman–Crippen MR) is 134 cm³/mol. The average molecular weight is 459 g/mol. The summed E-state index contributed by atoms with van der Waals surface area (Å²) in [6.45, 7) is 3.99. The van der Waals surface area contributed by atoms with E-state index in [1.165, 1.54) is 0 Å². The number of para-hydroxylation sites is 1. The highest BCUT2D eigenvalue weighted by Gasteiger charge is 2.30. The van der Waals surface area contributed by atoms with Gasteiger partial charge in [0.2, 0.25) is 5.91 Å². The summed E-state index contributed by atoms with van der Waals surface area (Å²) in [6.07, 6.45) is 1.03. The zero-order valence-electron chi connectivity index (χ0n) is 18.8. The molecular weight excluding hydrogens is 432 g/mol. The minimum Gasteiger partial charge on any atom is -0.369 e. The average Bonchev–Trinajstić information content (AvgIpc) is 3.12. The molecule has 168 valence electrons. The van der Waals surface area contributed by atoms with Gasteiger partial charge >= 0.3 is 0 Å². The second kappa shape index (κ2) is 9.24. The maximum Gasteiger partial charge on any atom is 0.224 e. The molecule has 5 heteroatoms. The maximum absolute atomic E-state index is 13.7. The lowest BCUT2D eigenvalue weighted by Crippen LogP contribution is -2.35. The van der Waals surface area contributed by atoms with Crippen LogP contribution in [0, 0.1) is 5.41 Å². The summed E-state index contributed by atoms with van der Waals surface area (Å²) in [7, 11) is 0. The molecule has 0 spiro atoms. The van der Waals surface area contributed by atoms with E-state index < -0.39 is 11.3 Å². The van der Waals surface area contributed by atoms with Crippen molar-refractivity contribution in [2.45, 2.75) is 33.2 Å². The van der Waals surface area contributed by atoms with E-state index in [9.17, 15) is 9.59 Å². The summed E-state index contributed by atoms with van der Waals surface area (Å²) in [5.74, 6) is -0.338. The number of carbonyl (C=O) groups is 2. The van der Waals surface area contributed by atoms with Crippen LogP contribution in [0.3, 0.4) is 0 Å². The van der Waals surface area contributed by atoms with Crippen LogP contribution in [0.2, 0.25) is 5.02 Å². The van der Waals surface area contributed by atoms with E-state index in [1.807, 2.05) is 97.3 Å². The van der Waals surface area contributed by atoms with Gasteiger partial charge in [0.15, 0.2) is 5.78 Å². The van der Waals surface area contributed by atoms with Gasteiger partial charge in [-0.15, -0.1) is 0 Å². The number of primary amides is 1. The van der Waals surface area contributed by atoms with Crippen LogP contribution in [0.4, 0.5) is 0 Å². The van der Waals surface area contributed by atoms with E-state index in [0.717, 1.165) is 27.7 Å². The maximum atomic E-state index is 13.7. The fourth-order valence-corrected chi connectivity index (χ4v) is 4.38. The normalized spacial score (nSPS) is 11.6. The number of nitrogens with zero attached hydrogens (tertiary/aromatic N) is 1. The number of halogens is 1. The predicted octanol–water partition coefficient (Wildman–Crippen LogP) is 6.29. The molecule has 0 unspecified atom stereocenters. The number of benzene rings is 3. The second-order valence-corrected chi connectivity index (χ2v) is 9.43. The van der Waals surface area contributed by atoms with Crippen LogP contribution >= 0.6 is 11.6 Å². The van der Waals surface area contributed by atoms with Gasteiger partial charge in [-0.05, 0) is 44.0 Å². The van der Waals surface area contributed by atoms with E-state index in [2.05, 4.69) is 0 Å². The van der Waals surface area contributed by atoms with Gasteiger partial charge in [-0.1, -0.05) is 72.3 Å². The monoisotopic (exact) mass is 458 g/mol. The second-order valence-electron chi connectivity index (χ2n) is 8.99. The highest BCUT2D eigenvalue weighted by molar-refractivity contribution is 6.31. The molecule has 0 radical (unpaired) electrons. The van der Waals surface area contributed by atoms with Crippen LogP contribution < -0.4 is 5.73 Å². The zero-order valence-corrected chi connectivity index (χ0v) is 19.6. The number of fused-ring (bicyclic) bond motifs is 1. The van der Waals surface area contributed by atoms with Gasteiger partial charge < -0.3 is 10.3 Å². The number of nitrogens with two attached hydrogens (primary N) is 1. The van der Waals surface area contributed by atoms with Gasteiger partial charge in [0.1, 0.15) is 0 Å². The SMILES string of the molecule is CC(C)(Cn1c(-c2cccc(Cl)c2)c(C(=O)CCc2ccccc2)c2ccccc21)C(N)=O. The lowest BCUT2D eigenvalue weighted by molar-refractivity contribution is -0.126. The van der Waals surface area contributed by atoms with Crippen molar-refractivity contribution >= 4 is 34.2 Å². The molecular formula is C28H27ClN2O2. The number of aryl methyl sites for hydroxylation is 1. The number of ketones is 1. The van der Waals surface area contributed by atoms with E-state index in [1.54, 1.807) is 0 Å². The topological polar surface area (TPSA) is 65.1 Å². The number of rotatable bonds is 8. The van der Waals surface area contributed by atoms with E-state index in [-0.39, 0.29) is 5.78 Å². The molecule has 0 saturated heterocycles. The molecule has 0 aliphatic heterocycles. The number of amides is 1. The zero-order chi connectivity index (χ0) is 23.6. The Kier molecular flexibility index (Phi) is 6.39. The number of Topliss-reactive ketones (excluding diaryl/α,β-unsaturated/α-hetero) is 1.